The van der Waals surface area contributed by atoms with E-state index >= 15 is 0 Å². The maximum Gasteiger partial charge on any atom is 0.251 e. The second-order valence-corrected chi connectivity index (χ2v) is 4.57. The zero-order valence-corrected chi connectivity index (χ0v) is 10.9. The van der Waals surface area contributed by atoms with Crippen molar-refractivity contribution in [2.24, 2.45) is 5.73 Å². The van der Waals surface area contributed by atoms with Crippen LogP contribution in [0.5, 0.6) is 0 Å². The summed E-state index contributed by atoms with van der Waals surface area (Å²) in [4.78, 5) is 12.0. The van der Waals surface area contributed by atoms with Gasteiger partial charge in [0.05, 0.1) is 0 Å². The van der Waals surface area contributed by atoms with Crippen molar-refractivity contribution < 1.29 is 4.79 Å². The van der Waals surface area contributed by atoms with Crippen molar-refractivity contribution in [1.29, 1.82) is 0 Å². The quantitative estimate of drug-likeness (QED) is 0.821. The monoisotopic (exact) mass is 234 g/mol. The molecule has 3 heteroatoms. The number of carbonyl (C=O) groups excluding carboxylic acids is 1. The van der Waals surface area contributed by atoms with Gasteiger partial charge in [-0.3, -0.25) is 4.79 Å². The first-order valence-electron chi connectivity index (χ1n) is 6.15. The third-order valence-electron chi connectivity index (χ3n) is 3.40. The fourth-order valence-electron chi connectivity index (χ4n) is 1.68. The molecule has 0 saturated heterocycles. The molecule has 1 aromatic carbocycles. The molecule has 0 aromatic heterocycles. The van der Waals surface area contributed by atoms with Gasteiger partial charge >= 0.3 is 0 Å². The molecular formula is C14H22N2O. The minimum atomic E-state index is -0.293. The Morgan fingerprint density at radius 3 is 2.41 bits per heavy atom. The fourth-order valence-corrected chi connectivity index (χ4v) is 1.68. The lowest BCUT2D eigenvalue weighted by Gasteiger charge is -2.26. The maximum absolute atomic E-state index is 12.0. The fraction of sp³-hybridized carbons (Fsp3) is 0.500. The van der Waals surface area contributed by atoms with Gasteiger partial charge in [-0.2, -0.15) is 0 Å². The largest absolute Gasteiger partial charge is 0.350 e. The third kappa shape index (κ3) is 3.56. The molecule has 0 spiro atoms. The Hall–Kier alpha value is -1.35. The molecule has 3 nitrogen and oxygen atoms in total. The molecule has 17 heavy (non-hydrogen) atoms. The molecule has 0 bridgehead atoms. The Balaban J connectivity index is 2.65. The van der Waals surface area contributed by atoms with Crippen LogP contribution in [0.25, 0.3) is 0 Å². The van der Waals surface area contributed by atoms with E-state index in [9.17, 15) is 4.79 Å². The predicted octanol–water partition coefficient (Wildman–Crippen LogP) is 2.24. The number of rotatable bonds is 5. The van der Waals surface area contributed by atoms with Crippen molar-refractivity contribution >= 4 is 5.91 Å². The lowest BCUT2D eigenvalue weighted by molar-refractivity contribution is 0.0941. The summed E-state index contributed by atoms with van der Waals surface area (Å²) in [5.74, 6) is -0.0418. The summed E-state index contributed by atoms with van der Waals surface area (Å²) in [7, 11) is 0. The highest BCUT2D eigenvalue weighted by Gasteiger charge is 2.21. The van der Waals surface area contributed by atoms with Crippen LogP contribution in [0.15, 0.2) is 24.3 Å². The first kappa shape index (κ1) is 13.7. The van der Waals surface area contributed by atoms with Gasteiger partial charge in [-0.15, -0.1) is 0 Å². The van der Waals surface area contributed by atoms with Gasteiger partial charge < -0.3 is 11.1 Å². The van der Waals surface area contributed by atoms with E-state index in [2.05, 4.69) is 5.32 Å². The third-order valence-corrected chi connectivity index (χ3v) is 3.40. The first-order chi connectivity index (χ1) is 8.02. The van der Waals surface area contributed by atoms with Crippen LogP contribution in [0.4, 0.5) is 0 Å². The number of nitrogens with one attached hydrogen (secondary N) is 1. The van der Waals surface area contributed by atoms with Gasteiger partial charge in [-0.05, 0) is 31.4 Å². The molecule has 0 saturated carbocycles. The van der Waals surface area contributed by atoms with Gasteiger partial charge in [0.15, 0.2) is 0 Å². The molecule has 0 fully saturated rings. The van der Waals surface area contributed by atoms with E-state index in [4.69, 9.17) is 5.73 Å². The number of carbonyl (C=O) groups is 1. The number of hydrogen-bond acceptors (Lipinski definition) is 2. The molecule has 1 rings (SSSR count). The van der Waals surface area contributed by atoms with Crippen molar-refractivity contribution in [2.45, 2.75) is 39.2 Å². The van der Waals surface area contributed by atoms with Gasteiger partial charge in [0.1, 0.15) is 0 Å². The summed E-state index contributed by atoms with van der Waals surface area (Å²) in [6.45, 7) is 6.55. The molecule has 0 aliphatic rings. The van der Waals surface area contributed by atoms with Crippen LogP contribution in [0.2, 0.25) is 0 Å². The lowest BCUT2D eigenvalue weighted by atomic mass is 9.94. The molecule has 1 amide bonds. The van der Waals surface area contributed by atoms with Crippen molar-refractivity contribution in [2.75, 3.05) is 6.54 Å². The van der Waals surface area contributed by atoms with Crippen LogP contribution in [0.1, 0.15) is 42.6 Å². The minimum Gasteiger partial charge on any atom is -0.350 e. The van der Waals surface area contributed by atoms with Crippen molar-refractivity contribution in [3.63, 3.8) is 0 Å². The van der Waals surface area contributed by atoms with Crippen LogP contribution >= 0.6 is 0 Å². The number of aryl methyl sites for hydroxylation is 1. The average Bonchev–Trinajstić information content (AvgIpc) is 2.36. The Bertz CT molecular complexity index is 384. The molecule has 94 valence electrons. The van der Waals surface area contributed by atoms with Gasteiger partial charge in [0, 0.05) is 17.6 Å². The van der Waals surface area contributed by atoms with E-state index < -0.39 is 0 Å². The highest BCUT2D eigenvalue weighted by atomic mass is 16.1. The molecular weight excluding hydrogens is 212 g/mol. The Kier molecular flexibility index (Phi) is 4.70. The molecule has 3 N–H and O–H groups in total. The van der Waals surface area contributed by atoms with Crippen LogP contribution in [-0.4, -0.2) is 18.0 Å². The number of benzene rings is 1. The number of hydrogen-bond donors (Lipinski definition) is 2. The minimum absolute atomic E-state index is 0.0418. The summed E-state index contributed by atoms with van der Waals surface area (Å²) < 4.78 is 0. The van der Waals surface area contributed by atoms with Gasteiger partial charge in [0.2, 0.25) is 0 Å². The van der Waals surface area contributed by atoms with Crippen molar-refractivity contribution in [3.8, 4) is 0 Å². The lowest BCUT2D eigenvalue weighted by Crippen LogP contribution is -2.49. The predicted molar refractivity (Wildman–Crippen MR) is 71.0 cm³/mol. The van der Waals surface area contributed by atoms with Crippen molar-refractivity contribution in [3.05, 3.63) is 35.4 Å². The standard InChI is InChI=1S/C14H22N2O/c1-4-14(15,5-2)10-16-13(17)12-9-7-6-8-11(12)3/h6-9H,4-5,10,15H2,1-3H3,(H,16,17). The van der Waals surface area contributed by atoms with Gasteiger partial charge in [-0.25, -0.2) is 0 Å². The number of nitrogens with two attached hydrogens (primary N) is 1. The van der Waals surface area contributed by atoms with E-state index in [1.165, 1.54) is 0 Å². The van der Waals surface area contributed by atoms with Crippen LogP contribution < -0.4 is 11.1 Å². The Morgan fingerprint density at radius 1 is 1.29 bits per heavy atom. The topological polar surface area (TPSA) is 55.1 Å². The van der Waals surface area contributed by atoms with Gasteiger partial charge in [0.25, 0.3) is 5.91 Å². The van der Waals surface area contributed by atoms with Crippen LogP contribution in [-0.2, 0) is 0 Å². The average molecular weight is 234 g/mol. The van der Waals surface area contributed by atoms with E-state index in [1.54, 1.807) is 0 Å². The van der Waals surface area contributed by atoms with Crippen LogP contribution in [0, 0.1) is 6.92 Å². The Morgan fingerprint density at radius 2 is 1.88 bits per heavy atom. The summed E-state index contributed by atoms with van der Waals surface area (Å²) in [6, 6.07) is 7.57. The number of amides is 1. The van der Waals surface area contributed by atoms with E-state index in [-0.39, 0.29) is 11.4 Å². The highest BCUT2D eigenvalue weighted by molar-refractivity contribution is 5.95. The van der Waals surface area contributed by atoms with E-state index in [0.29, 0.717) is 6.54 Å². The SMILES string of the molecule is CCC(N)(CC)CNC(=O)c1ccccc1C. The molecule has 0 aliphatic heterocycles. The smallest absolute Gasteiger partial charge is 0.251 e. The van der Waals surface area contributed by atoms with Gasteiger partial charge in [-0.1, -0.05) is 32.0 Å². The van der Waals surface area contributed by atoms with Crippen molar-refractivity contribution in [1.82, 2.24) is 5.32 Å². The highest BCUT2D eigenvalue weighted by Crippen LogP contribution is 2.11. The summed E-state index contributed by atoms with van der Waals surface area (Å²) in [5, 5.41) is 2.92. The molecule has 1 aromatic rings. The maximum atomic E-state index is 12.0. The normalized spacial score (nSPS) is 11.3. The molecule has 0 heterocycles. The van der Waals surface area contributed by atoms with Crippen LogP contribution in [0.3, 0.4) is 0 Å². The summed E-state index contributed by atoms with van der Waals surface area (Å²) >= 11 is 0. The molecule has 0 radical (unpaired) electrons. The summed E-state index contributed by atoms with van der Waals surface area (Å²) in [5.41, 5.74) is 7.56. The zero-order valence-electron chi connectivity index (χ0n) is 10.9. The molecule has 0 atom stereocenters. The summed E-state index contributed by atoms with van der Waals surface area (Å²) in [6.07, 6.45) is 1.72. The zero-order chi connectivity index (χ0) is 12.9. The molecule has 0 aliphatic carbocycles. The molecule has 0 unspecified atom stereocenters. The van der Waals surface area contributed by atoms with E-state index in [0.717, 1.165) is 24.0 Å². The van der Waals surface area contributed by atoms with E-state index in [1.807, 2.05) is 45.0 Å². The Labute approximate surface area is 103 Å². The second-order valence-electron chi connectivity index (χ2n) is 4.57. The first-order valence-corrected chi connectivity index (χ1v) is 6.15. The second kappa shape index (κ2) is 5.82.